The molecule has 1 aromatic carbocycles. The number of carbonyl (C=O) groups is 1. The van der Waals surface area contributed by atoms with E-state index in [1.807, 2.05) is 24.3 Å². The van der Waals surface area contributed by atoms with Crippen molar-refractivity contribution in [1.29, 1.82) is 0 Å². The second-order valence-corrected chi connectivity index (χ2v) is 10.9. The second kappa shape index (κ2) is 10.0. The van der Waals surface area contributed by atoms with E-state index in [9.17, 15) is 4.79 Å². The summed E-state index contributed by atoms with van der Waals surface area (Å²) >= 11 is 0. The molecule has 1 amide bonds. The monoisotopic (exact) mass is 447 g/mol. The van der Waals surface area contributed by atoms with Crippen LogP contribution >= 0.6 is 0 Å². The highest BCUT2D eigenvalue weighted by molar-refractivity contribution is 6.01. The topological polar surface area (TPSA) is 66.0 Å². The normalized spacial score (nSPS) is 27.7. The van der Waals surface area contributed by atoms with Gasteiger partial charge in [0.2, 0.25) is 5.91 Å². The third-order valence-corrected chi connectivity index (χ3v) is 8.09. The Morgan fingerprint density at radius 1 is 1.06 bits per heavy atom. The van der Waals surface area contributed by atoms with Gasteiger partial charge in [-0.25, -0.2) is 4.98 Å². The van der Waals surface area contributed by atoms with Gasteiger partial charge in [0.15, 0.2) is 0 Å². The van der Waals surface area contributed by atoms with Gasteiger partial charge in [-0.2, -0.15) is 0 Å². The molecule has 1 aromatic heterocycles. The number of rotatable bonds is 11. The lowest BCUT2D eigenvalue weighted by Crippen LogP contribution is -2.47. The van der Waals surface area contributed by atoms with Gasteiger partial charge in [0.1, 0.15) is 5.82 Å². The van der Waals surface area contributed by atoms with E-state index >= 15 is 0 Å². The van der Waals surface area contributed by atoms with Crippen LogP contribution in [0, 0.1) is 29.7 Å². The van der Waals surface area contributed by atoms with Crippen LogP contribution in [0.2, 0.25) is 0 Å². The van der Waals surface area contributed by atoms with Crippen molar-refractivity contribution >= 4 is 28.3 Å². The molecule has 4 aliphatic carbocycles. The SMILES string of the molecule is CCC[CH]NCCCNc1ccc2c(NC(=O)CC34CC5CC(CC(C5)C3)C4)cccc2n1. The van der Waals surface area contributed by atoms with Crippen molar-refractivity contribution < 1.29 is 4.79 Å². The van der Waals surface area contributed by atoms with Crippen molar-refractivity contribution in [3.63, 3.8) is 0 Å². The first-order valence-electron chi connectivity index (χ1n) is 13.1. The molecule has 6 rings (SSSR count). The number of hydrogen-bond donors (Lipinski definition) is 3. The molecule has 0 atom stereocenters. The van der Waals surface area contributed by atoms with E-state index in [0.29, 0.717) is 6.42 Å². The minimum atomic E-state index is 0.180. The number of benzene rings is 1. The van der Waals surface area contributed by atoms with Gasteiger partial charge in [0.05, 0.1) is 11.2 Å². The van der Waals surface area contributed by atoms with E-state index in [-0.39, 0.29) is 11.3 Å². The number of nitrogens with one attached hydrogen (secondary N) is 3. The zero-order chi connectivity index (χ0) is 22.7. The third kappa shape index (κ3) is 5.34. The molecule has 0 unspecified atom stereocenters. The first-order chi connectivity index (χ1) is 16.1. The fourth-order valence-corrected chi connectivity index (χ4v) is 7.16. The second-order valence-electron chi connectivity index (χ2n) is 10.9. The van der Waals surface area contributed by atoms with E-state index < -0.39 is 0 Å². The number of fused-ring (bicyclic) bond motifs is 1. The Kier molecular flexibility index (Phi) is 6.86. The van der Waals surface area contributed by atoms with Crippen LogP contribution in [-0.2, 0) is 4.79 Å². The van der Waals surface area contributed by atoms with Gasteiger partial charge in [-0.05, 0) is 105 Å². The van der Waals surface area contributed by atoms with Gasteiger partial charge in [-0.15, -0.1) is 0 Å². The molecule has 4 aliphatic rings. The smallest absolute Gasteiger partial charge is 0.224 e. The number of aromatic nitrogens is 1. The van der Waals surface area contributed by atoms with Gasteiger partial charge < -0.3 is 16.0 Å². The fourth-order valence-electron chi connectivity index (χ4n) is 7.16. The number of amides is 1. The average Bonchev–Trinajstić information content (AvgIpc) is 2.77. The number of pyridine rings is 1. The molecular formula is C28H39N4O. The molecule has 2 aromatic rings. The molecule has 4 fully saturated rings. The summed E-state index contributed by atoms with van der Waals surface area (Å²) in [5.41, 5.74) is 2.07. The molecule has 5 nitrogen and oxygen atoms in total. The third-order valence-electron chi connectivity index (χ3n) is 8.09. The van der Waals surface area contributed by atoms with Gasteiger partial charge >= 0.3 is 0 Å². The maximum Gasteiger partial charge on any atom is 0.224 e. The van der Waals surface area contributed by atoms with Gasteiger partial charge in [0, 0.05) is 24.9 Å². The summed E-state index contributed by atoms with van der Waals surface area (Å²) in [5, 5.41) is 11.0. The first kappa shape index (κ1) is 22.6. The first-order valence-corrected chi connectivity index (χ1v) is 13.1. The highest BCUT2D eigenvalue weighted by atomic mass is 16.1. The lowest BCUT2D eigenvalue weighted by atomic mass is 9.49. The summed E-state index contributed by atoms with van der Waals surface area (Å²) in [4.78, 5) is 17.9. The maximum atomic E-state index is 13.1. The van der Waals surface area contributed by atoms with Crippen molar-refractivity contribution in [3.8, 4) is 0 Å². The molecule has 0 saturated heterocycles. The number of nitrogens with zero attached hydrogens (tertiary/aromatic N) is 1. The van der Waals surface area contributed by atoms with Crippen LogP contribution in [0.15, 0.2) is 30.3 Å². The van der Waals surface area contributed by atoms with Gasteiger partial charge in [-0.1, -0.05) is 19.4 Å². The Hall–Kier alpha value is -2.14. The number of hydrogen-bond acceptors (Lipinski definition) is 4. The number of unbranched alkanes of at least 4 members (excludes halogenated alkanes) is 1. The van der Waals surface area contributed by atoms with E-state index in [1.165, 1.54) is 44.9 Å². The molecular weight excluding hydrogens is 408 g/mol. The molecule has 3 N–H and O–H groups in total. The summed E-state index contributed by atoms with van der Waals surface area (Å²) in [6.45, 7) is 6.19. The molecule has 1 heterocycles. The lowest BCUT2D eigenvalue weighted by Gasteiger charge is -2.56. The predicted octanol–water partition coefficient (Wildman–Crippen LogP) is 6.13. The van der Waals surface area contributed by atoms with Crippen LogP contribution in [0.4, 0.5) is 11.5 Å². The van der Waals surface area contributed by atoms with Crippen LogP contribution in [0.25, 0.3) is 10.9 Å². The van der Waals surface area contributed by atoms with Crippen LogP contribution in [0.5, 0.6) is 0 Å². The predicted molar refractivity (Wildman–Crippen MR) is 136 cm³/mol. The van der Waals surface area contributed by atoms with Gasteiger partial charge in [-0.3, -0.25) is 4.79 Å². The van der Waals surface area contributed by atoms with Crippen LogP contribution in [0.3, 0.4) is 0 Å². The summed E-state index contributed by atoms with van der Waals surface area (Å²) in [7, 11) is 0. The van der Waals surface area contributed by atoms with Crippen molar-refractivity contribution in [2.45, 2.75) is 71.1 Å². The van der Waals surface area contributed by atoms with Crippen molar-refractivity contribution in [3.05, 3.63) is 36.9 Å². The molecule has 33 heavy (non-hydrogen) atoms. The Morgan fingerprint density at radius 3 is 2.55 bits per heavy atom. The molecule has 1 radical (unpaired) electrons. The lowest BCUT2D eigenvalue weighted by molar-refractivity contribution is -0.124. The maximum absolute atomic E-state index is 13.1. The highest BCUT2D eigenvalue weighted by Crippen LogP contribution is 2.61. The number of carbonyl (C=O) groups excluding carboxylic acids is 1. The fraction of sp³-hybridized carbons (Fsp3) is 0.607. The van der Waals surface area contributed by atoms with Crippen LogP contribution < -0.4 is 16.0 Å². The molecule has 0 spiro atoms. The van der Waals surface area contributed by atoms with Crippen LogP contribution in [-0.4, -0.2) is 24.0 Å². The molecule has 5 heteroatoms. The highest BCUT2D eigenvalue weighted by Gasteiger charge is 2.51. The summed E-state index contributed by atoms with van der Waals surface area (Å²) in [5.74, 6) is 3.70. The van der Waals surface area contributed by atoms with E-state index in [1.54, 1.807) is 0 Å². The largest absolute Gasteiger partial charge is 0.370 e. The zero-order valence-corrected chi connectivity index (χ0v) is 20.0. The molecule has 0 aliphatic heterocycles. The Morgan fingerprint density at radius 2 is 1.82 bits per heavy atom. The summed E-state index contributed by atoms with van der Waals surface area (Å²) < 4.78 is 0. The molecule has 4 saturated carbocycles. The van der Waals surface area contributed by atoms with E-state index in [4.69, 9.17) is 4.98 Å². The quantitative estimate of drug-likeness (QED) is 0.362. The number of anilines is 2. The van der Waals surface area contributed by atoms with Crippen LogP contribution in [0.1, 0.15) is 71.1 Å². The molecule has 177 valence electrons. The van der Waals surface area contributed by atoms with Crippen molar-refractivity contribution in [1.82, 2.24) is 10.3 Å². The minimum absolute atomic E-state index is 0.180. The minimum Gasteiger partial charge on any atom is -0.370 e. The standard InChI is InChI=1S/C28H39N4O/c1-2-3-10-29-11-5-12-30-26-9-8-23-24(31-26)6-4-7-25(23)32-27(33)19-28-16-20-13-21(17-28)15-22(14-20)18-28/h4,6-10,20-22,29H,2-3,5,11-19H2,1H3,(H,30,31)(H,32,33). The zero-order valence-electron chi connectivity index (χ0n) is 20.0. The Bertz CT molecular complexity index is 936. The van der Waals surface area contributed by atoms with E-state index in [2.05, 4.69) is 35.5 Å². The Labute approximate surface area is 198 Å². The Balaban J connectivity index is 1.17. The average molecular weight is 448 g/mol. The summed E-state index contributed by atoms with van der Waals surface area (Å²) in [6, 6.07) is 10.1. The summed E-state index contributed by atoms with van der Waals surface area (Å²) in [6.07, 6.45) is 12.1. The van der Waals surface area contributed by atoms with Crippen molar-refractivity contribution in [2.75, 3.05) is 23.7 Å². The van der Waals surface area contributed by atoms with Crippen molar-refractivity contribution in [2.24, 2.45) is 23.2 Å². The molecule has 4 bridgehead atoms. The van der Waals surface area contributed by atoms with Gasteiger partial charge in [0.25, 0.3) is 0 Å². The van der Waals surface area contributed by atoms with E-state index in [0.717, 1.165) is 66.1 Å².